The standard InChI is InChI=1S/C20H24N2O6S/c1-15(28-18-5-3-4-17(14-18)26-2)20(23)21-16-6-8-19(9-7-16)29(24,25)22-10-12-27-13-11-22/h3-9,14-15H,10-13H2,1-2H3,(H,21,23). The molecule has 29 heavy (non-hydrogen) atoms. The highest BCUT2D eigenvalue weighted by molar-refractivity contribution is 7.89. The highest BCUT2D eigenvalue weighted by Gasteiger charge is 2.26. The predicted molar refractivity (Wildman–Crippen MR) is 108 cm³/mol. The Morgan fingerprint density at radius 3 is 2.41 bits per heavy atom. The number of rotatable bonds is 7. The number of carbonyl (C=O) groups is 1. The van der Waals surface area contributed by atoms with Gasteiger partial charge in [-0.1, -0.05) is 6.07 Å². The van der Waals surface area contributed by atoms with Gasteiger partial charge in [0, 0.05) is 24.8 Å². The number of carbonyl (C=O) groups excluding carboxylic acids is 1. The van der Waals surface area contributed by atoms with Crippen LogP contribution < -0.4 is 14.8 Å². The first-order chi connectivity index (χ1) is 13.9. The van der Waals surface area contributed by atoms with E-state index < -0.39 is 16.1 Å². The van der Waals surface area contributed by atoms with Crippen LogP contribution in [0.2, 0.25) is 0 Å². The molecule has 2 aromatic rings. The van der Waals surface area contributed by atoms with Crippen LogP contribution in [-0.4, -0.2) is 58.1 Å². The highest BCUT2D eigenvalue weighted by Crippen LogP contribution is 2.22. The van der Waals surface area contributed by atoms with Gasteiger partial charge in [-0.25, -0.2) is 8.42 Å². The van der Waals surface area contributed by atoms with Gasteiger partial charge in [0.1, 0.15) is 11.5 Å². The molecule has 1 heterocycles. The van der Waals surface area contributed by atoms with Crippen molar-refractivity contribution in [2.75, 3.05) is 38.7 Å². The average molecular weight is 420 g/mol. The normalized spacial score (nSPS) is 16.1. The molecule has 0 aliphatic carbocycles. The van der Waals surface area contributed by atoms with Gasteiger partial charge in [0.05, 0.1) is 25.2 Å². The van der Waals surface area contributed by atoms with Crippen LogP contribution in [0.4, 0.5) is 5.69 Å². The second-order valence-corrected chi connectivity index (χ2v) is 8.41. The molecular weight excluding hydrogens is 396 g/mol. The summed E-state index contributed by atoms with van der Waals surface area (Å²) in [5, 5.41) is 2.73. The van der Waals surface area contributed by atoms with Gasteiger partial charge in [0.25, 0.3) is 5.91 Å². The molecular formula is C20H24N2O6S. The van der Waals surface area contributed by atoms with Crippen LogP contribution in [0.25, 0.3) is 0 Å². The largest absolute Gasteiger partial charge is 0.497 e. The molecule has 1 fully saturated rings. The van der Waals surface area contributed by atoms with Crippen molar-refractivity contribution < 1.29 is 27.4 Å². The van der Waals surface area contributed by atoms with E-state index in [1.807, 2.05) is 0 Å². The minimum Gasteiger partial charge on any atom is -0.497 e. The topological polar surface area (TPSA) is 94.2 Å². The van der Waals surface area contributed by atoms with E-state index in [2.05, 4.69) is 5.32 Å². The Bertz CT molecular complexity index is 940. The third kappa shape index (κ3) is 5.26. The Morgan fingerprint density at radius 1 is 1.10 bits per heavy atom. The Kier molecular flexibility index (Phi) is 6.73. The van der Waals surface area contributed by atoms with Gasteiger partial charge in [-0.3, -0.25) is 4.79 Å². The first-order valence-corrected chi connectivity index (χ1v) is 10.6. The smallest absolute Gasteiger partial charge is 0.265 e. The van der Waals surface area contributed by atoms with Crippen molar-refractivity contribution in [2.24, 2.45) is 0 Å². The summed E-state index contributed by atoms with van der Waals surface area (Å²) >= 11 is 0. The van der Waals surface area contributed by atoms with E-state index in [0.29, 0.717) is 43.5 Å². The van der Waals surface area contributed by atoms with Crippen LogP contribution in [0, 0.1) is 0 Å². The van der Waals surface area contributed by atoms with Crippen LogP contribution in [-0.2, 0) is 19.6 Å². The molecule has 0 saturated carbocycles. The summed E-state index contributed by atoms with van der Waals surface area (Å²) < 4.78 is 42.6. The van der Waals surface area contributed by atoms with Crippen molar-refractivity contribution in [3.05, 3.63) is 48.5 Å². The third-order valence-electron chi connectivity index (χ3n) is 4.45. The predicted octanol–water partition coefficient (Wildman–Crippen LogP) is 2.12. The highest BCUT2D eigenvalue weighted by atomic mass is 32.2. The Morgan fingerprint density at radius 2 is 1.76 bits per heavy atom. The number of nitrogens with one attached hydrogen (secondary N) is 1. The fourth-order valence-electron chi connectivity index (χ4n) is 2.82. The molecule has 1 amide bonds. The number of hydrogen-bond donors (Lipinski definition) is 1. The summed E-state index contributed by atoms with van der Waals surface area (Å²) in [5.74, 6) is 0.794. The Hall–Kier alpha value is -2.62. The summed E-state index contributed by atoms with van der Waals surface area (Å²) in [4.78, 5) is 12.6. The average Bonchev–Trinajstić information content (AvgIpc) is 2.75. The number of sulfonamides is 1. The summed E-state index contributed by atoms with van der Waals surface area (Å²) in [7, 11) is -2.01. The van der Waals surface area contributed by atoms with Crippen molar-refractivity contribution in [3.8, 4) is 11.5 Å². The lowest BCUT2D eigenvalue weighted by molar-refractivity contribution is -0.122. The molecule has 8 nitrogen and oxygen atoms in total. The monoisotopic (exact) mass is 420 g/mol. The van der Waals surface area contributed by atoms with Gasteiger partial charge < -0.3 is 19.5 Å². The molecule has 3 rings (SSSR count). The molecule has 1 unspecified atom stereocenters. The van der Waals surface area contributed by atoms with Crippen molar-refractivity contribution in [2.45, 2.75) is 17.9 Å². The molecule has 1 saturated heterocycles. The zero-order chi connectivity index (χ0) is 20.9. The van der Waals surface area contributed by atoms with Gasteiger partial charge in [0.15, 0.2) is 6.10 Å². The number of nitrogens with zero attached hydrogens (tertiary/aromatic N) is 1. The summed E-state index contributed by atoms with van der Waals surface area (Å²) in [5.41, 5.74) is 0.483. The zero-order valence-corrected chi connectivity index (χ0v) is 17.1. The van der Waals surface area contributed by atoms with Gasteiger partial charge in [-0.2, -0.15) is 4.31 Å². The molecule has 1 aliphatic rings. The molecule has 0 bridgehead atoms. The lowest BCUT2D eigenvalue weighted by Gasteiger charge is -2.26. The molecule has 1 atom stereocenters. The minimum absolute atomic E-state index is 0.179. The zero-order valence-electron chi connectivity index (χ0n) is 16.3. The number of morpholine rings is 1. The molecule has 0 spiro atoms. The van der Waals surface area contributed by atoms with Crippen LogP contribution in [0.15, 0.2) is 53.4 Å². The maximum Gasteiger partial charge on any atom is 0.265 e. The van der Waals surface area contributed by atoms with Gasteiger partial charge in [0.2, 0.25) is 10.0 Å². The van der Waals surface area contributed by atoms with Crippen molar-refractivity contribution in [1.29, 1.82) is 0 Å². The molecule has 1 N–H and O–H groups in total. The van der Waals surface area contributed by atoms with Crippen LogP contribution in [0.1, 0.15) is 6.92 Å². The summed E-state index contributed by atoms with van der Waals surface area (Å²) in [6.07, 6.45) is -0.751. The van der Waals surface area contributed by atoms with E-state index in [4.69, 9.17) is 14.2 Å². The first kappa shape index (κ1) is 21.1. The first-order valence-electron chi connectivity index (χ1n) is 9.19. The number of amides is 1. The van der Waals surface area contributed by atoms with E-state index in [-0.39, 0.29) is 10.8 Å². The van der Waals surface area contributed by atoms with Crippen LogP contribution >= 0.6 is 0 Å². The van der Waals surface area contributed by atoms with E-state index in [1.165, 1.54) is 16.4 Å². The van der Waals surface area contributed by atoms with E-state index in [9.17, 15) is 13.2 Å². The summed E-state index contributed by atoms with van der Waals surface area (Å²) in [6.45, 7) is 3.07. The van der Waals surface area contributed by atoms with E-state index >= 15 is 0 Å². The molecule has 2 aromatic carbocycles. The second-order valence-electron chi connectivity index (χ2n) is 6.47. The lowest BCUT2D eigenvalue weighted by atomic mass is 10.3. The molecule has 0 radical (unpaired) electrons. The van der Waals surface area contributed by atoms with E-state index in [1.54, 1.807) is 50.4 Å². The van der Waals surface area contributed by atoms with Crippen LogP contribution in [0.5, 0.6) is 11.5 Å². The maximum atomic E-state index is 12.6. The van der Waals surface area contributed by atoms with Gasteiger partial charge in [-0.15, -0.1) is 0 Å². The molecule has 1 aliphatic heterocycles. The number of anilines is 1. The Balaban J connectivity index is 1.61. The fourth-order valence-corrected chi connectivity index (χ4v) is 4.23. The molecule has 9 heteroatoms. The minimum atomic E-state index is -3.57. The number of hydrogen-bond acceptors (Lipinski definition) is 6. The number of methoxy groups -OCH3 is 1. The Labute approximate surface area is 170 Å². The number of ether oxygens (including phenoxy) is 3. The molecule has 0 aromatic heterocycles. The third-order valence-corrected chi connectivity index (χ3v) is 6.37. The van der Waals surface area contributed by atoms with Gasteiger partial charge >= 0.3 is 0 Å². The lowest BCUT2D eigenvalue weighted by Crippen LogP contribution is -2.40. The molecule has 156 valence electrons. The fraction of sp³-hybridized carbons (Fsp3) is 0.350. The van der Waals surface area contributed by atoms with Crippen LogP contribution in [0.3, 0.4) is 0 Å². The second kappa shape index (κ2) is 9.25. The maximum absolute atomic E-state index is 12.6. The van der Waals surface area contributed by atoms with Gasteiger partial charge in [-0.05, 0) is 43.3 Å². The quantitative estimate of drug-likeness (QED) is 0.737. The number of benzene rings is 2. The van der Waals surface area contributed by atoms with Crippen molar-refractivity contribution in [3.63, 3.8) is 0 Å². The van der Waals surface area contributed by atoms with E-state index in [0.717, 1.165) is 0 Å². The summed E-state index contributed by atoms with van der Waals surface area (Å²) in [6, 6.07) is 13.1. The van der Waals surface area contributed by atoms with Crippen molar-refractivity contribution in [1.82, 2.24) is 4.31 Å². The SMILES string of the molecule is COc1cccc(OC(C)C(=O)Nc2ccc(S(=O)(=O)N3CCOCC3)cc2)c1. The van der Waals surface area contributed by atoms with Crippen molar-refractivity contribution >= 4 is 21.6 Å².